The molecule has 128 valence electrons. The number of aromatic nitrogens is 2. The summed E-state index contributed by atoms with van der Waals surface area (Å²) in [5, 5.41) is 4.14. The molecule has 3 heterocycles. The van der Waals surface area contributed by atoms with Crippen molar-refractivity contribution in [2.75, 3.05) is 13.1 Å². The molecule has 2 saturated heterocycles. The van der Waals surface area contributed by atoms with E-state index in [0.29, 0.717) is 18.0 Å². The molecule has 0 radical (unpaired) electrons. The lowest BCUT2D eigenvalue weighted by atomic mass is 10.0. The highest BCUT2D eigenvalue weighted by atomic mass is 16.5. The Morgan fingerprint density at radius 2 is 2.00 bits per heavy atom. The molecule has 6 heteroatoms. The average molecular weight is 320 g/mol. The Balaban J connectivity index is 1.65. The molecule has 0 N–H and O–H groups in total. The van der Waals surface area contributed by atoms with Gasteiger partial charge in [0.2, 0.25) is 11.8 Å². The van der Waals surface area contributed by atoms with Crippen molar-refractivity contribution in [1.29, 1.82) is 0 Å². The zero-order chi connectivity index (χ0) is 16.4. The van der Waals surface area contributed by atoms with Crippen LogP contribution >= 0.6 is 0 Å². The summed E-state index contributed by atoms with van der Waals surface area (Å²) in [6, 6.07) is 0.797. The van der Waals surface area contributed by atoms with Gasteiger partial charge in [0.1, 0.15) is 0 Å². The molecular formula is C17H28N4O2. The van der Waals surface area contributed by atoms with Crippen LogP contribution in [0.5, 0.6) is 0 Å². The maximum absolute atomic E-state index is 11.9. The molecule has 0 aliphatic carbocycles. The summed E-state index contributed by atoms with van der Waals surface area (Å²) in [7, 11) is 0. The highest BCUT2D eigenvalue weighted by Crippen LogP contribution is 2.30. The molecule has 2 aliphatic heterocycles. The highest BCUT2D eigenvalue weighted by Gasteiger charge is 2.39. The van der Waals surface area contributed by atoms with Crippen LogP contribution in [0.1, 0.15) is 58.2 Å². The number of carbonyl (C=O) groups excluding carboxylic acids is 1. The molecule has 0 spiro atoms. The first-order chi connectivity index (χ1) is 11.0. The van der Waals surface area contributed by atoms with Crippen molar-refractivity contribution in [1.82, 2.24) is 19.9 Å². The third kappa shape index (κ3) is 3.74. The highest BCUT2D eigenvalue weighted by molar-refractivity contribution is 5.74. The molecule has 2 unspecified atom stereocenters. The molecule has 6 nitrogen and oxygen atoms in total. The minimum Gasteiger partial charge on any atom is -0.339 e. The Kier molecular flexibility index (Phi) is 4.99. The van der Waals surface area contributed by atoms with Crippen molar-refractivity contribution in [3.63, 3.8) is 0 Å². The largest absolute Gasteiger partial charge is 0.339 e. The summed E-state index contributed by atoms with van der Waals surface area (Å²) in [5.74, 6) is 2.24. The topological polar surface area (TPSA) is 62.5 Å². The van der Waals surface area contributed by atoms with Gasteiger partial charge in [-0.05, 0) is 38.1 Å². The molecule has 2 aliphatic rings. The fourth-order valence-electron chi connectivity index (χ4n) is 4.04. The van der Waals surface area contributed by atoms with Gasteiger partial charge in [-0.15, -0.1) is 0 Å². The Morgan fingerprint density at radius 1 is 1.26 bits per heavy atom. The third-order valence-corrected chi connectivity index (χ3v) is 5.00. The second-order valence-corrected chi connectivity index (χ2v) is 7.30. The third-order valence-electron chi connectivity index (χ3n) is 5.00. The summed E-state index contributed by atoms with van der Waals surface area (Å²) in [6.45, 7) is 8.68. The lowest BCUT2D eigenvalue weighted by Crippen LogP contribution is -2.47. The van der Waals surface area contributed by atoms with E-state index in [0.717, 1.165) is 57.0 Å². The first-order valence-corrected chi connectivity index (χ1v) is 8.87. The Bertz CT molecular complexity index is 542. The first-order valence-electron chi connectivity index (χ1n) is 8.87. The lowest BCUT2D eigenvalue weighted by molar-refractivity contribution is -0.130. The minimum absolute atomic E-state index is 0.207. The van der Waals surface area contributed by atoms with Gasteiger partial charge in [-0.1, -0.05) is 19.0 Å². The number of rotatable bonds is 5. The molecule has 2 atom stereocenters. The summed E-state index contributed by atoms with van der Waals surface area (Å²) in [5.41, 5.74) is 0. The molecule has 1 amide bonds. The van der Waals surface area contributed by atoms with Crippen molar-refractivity contribution < 1.29 is 9.32 Å². The van der Waals surface area contributed by atoms with Crippen LogP contribution in [0.4, 0.5) is 0 Å². The van der Waals surface area contributed by atoms with Gasteiger partial charge in [-0.25, -0.2) is 0 Å². The number of nitrogens with zero attached hydrogens (tertiary/aromatic N) is 4. The predicted molar refractivity (Wildman–Crippen MR) is 86.7 cm³/mol. The van der Waals surface area contributed by atoms with Gasteiger partial charge >= 0.3 is 0 Å². The number of carbonyl (C=O) groups is 1. The fraction of sp³-hybridized carbons (Fsp3) is 0.824. The molecule has 3 rings (SSSR count). The van der Waals surface area contributed by atoms with Crippen molar-refractivity contribution in [2.45, 2.75) is 71.5 Å². The number of hydrogen-bond acceptors (Lipinski definition) is 5. The van der Waals surface area contributed by atoms with Gasteiger partial charge in [0, 0.05) is 32.0 Å². The van der Waals surface area contributed by atoms with E-state index in [2.05, 4.69) is 33.8 Å². The molecule has 23 heavy (non-hydrogen) atoms. The van der Waals surface area contributed by atoms with E-state index in [1.807, 2.05) is 0 Å². The number of hydrogen-bond donors (Lipinski definition) is 0. The standard InChI is InChI=1S/C17H28N4O2/c1-12(2)10-17-18-16(19-23-17)11-20-8-4-6-14(20)15-7-5-9-21(15)13(3)22/h12,14-15H,4-11H2,1-3H3. The summed E-state index contributed by atoms with van der Waals surface area (Å²) < 4.78 is 5.35. The molecule has 1 aromatic heterocycles. The minimum atomic E-state index is 0.207. The van der Waals surface area contributed by atoms with E-state index in [-0.39, 0.29) is 5.91 Å². The van der Waals surface area contributed by atoms with Crippen LogP contribution in [0.25, 0.3) is 0 Å². The Labute approximate surface area is 138 Å². The van der Waals surface area contributed by atoms with E-state index in [4.69, 9.17) is 4.52 Å². The van der Waals surface area contributed by atoms with Crippen LogP contribution in [0.3, 0.4) is 0 Å². The van der Waals surface area contributed by atoms with Gasteiger partial charge in [0.25, 0.3) is 0 Å². The van der Waals surface area contributed by atoms with Crippen molar-refractivity contribution in [2.24, 2.45) is 5.92 Å². The summed E-state index contributed by atoms with van der Waals surface area (Å²) in [4.78, 5) is 20.9. The van der Waals surface area contributed by atoms with Crippen LogP contribution in [0, 0.1) is 5.92 Å². The number of likely N-dealkylation sites (tertiary alicyclic amines) is 2. The SMILES string of the molecule is CC(=O)N1CCCC1C1CCCN1Cc1noc(CC(C)C)n1. The van der Waals surface area contributed by atoms with Gasteiger partial charge in [-0.3, -0.25) is 9.69 Å². The van der Waals surface area contributed by atoms with Crippen molar-refractivity contribution in [3.8, 4) is 0 Å². The van der Waals surface area contributed by atoms with Gasteiger partial charge in [0.05, 0.1) is 6.54 Å². The molecule has 0 bridgehead atoms. The number of amides is 1. The summed E-state index contributed by atoms with van der Waals surface area (Å²) in [6.07, 6.45) is 5.41. The molecule has 0 saturated carbocycles. The van der Waals surface area contributed by atoms with Gasteiger partial charge < -0.3 is 9.42 Å². The van der Waals surface area contributed by atoms with E-state index in [9.17, 15) is 4.79 Å². The fourth-order valence-corrected chi connectivity index (χ4v) is 4.04. The van der Waals surface area contributed by atoms with Crippen molar-refractivity contribution >= 4 is 5.91 Å². The quantitative estimate of drug-likeness (QED) is 0.832. The van der Waals surface area contributed by atoms with E-state index in [1.54, 1.807) is 6.92 Å². The second kappa shape index (κ2) is 6.99. The van der Waals surface area contributed by atoms with Crippen LogP contribution in [0.2, 0.25) is 0 Å². The van der Waals surface area contributed by atoms with E-state index >= 15 is 0 Å². The first kappa shape index (κ1) is 16.4. The zero-order valence-electron chi connectivity index (χ0n) is 14.5. The van der Waals surface area contributed by atoms with Crippen LogP contribution in [0.15, 0.2) is 4.52 Å². The smallest absolute Gasteiger partial charge is 0.226 e. The maximum atomic E-state index is 11.9. The van der Waals surface area contributed by atoms with E-state index in [1.165, 1.54) is 6.42 Å². The zero-order valence-corrected chi connectivity index (χ0v) is 14.5. The summed E-state index contributed by atoms with van der Waals surface area (Å²) >= 11 is 0. The van der Waals surface area contributed by atoms with Gasteiger partial charge in [0.15, 0.2) is 5.82 Å². The molecule has 0 aromatic carbocycles. The van der Waals surface area contributed by atoms with Crippen molar-refractivity contribution in [3.05, 3.63) is 11.7 Å². The molecule has 1 aromatic rings. The Hall–Kier alpha value is -1.43. The lowest BCUT2D eigenvalue weighted by Gasteiger charge is -2.34. The average Bonchev–Trinajstić information content (AvgIpc) is 3.18. The maximum Gasteiger partial charge on any atom is 0.226 e. The van der Waals surface area contributed by atoms with Crippen LogP contribution in [-0.4, -0.2) is 51.0 Å². The molecular weight excluding hydrogens is 292 g/mol. The second-order valence-electron chi connectivity index (χ2n) is 7.30. The van der Waals surface area contributed by atoms with E-state index < -0.39 is 0 Å². The Morgan fingerprint density at radius 3 is 2.74 bits per heavy atom. The monoisotopic (exact) mass is 320 g/mol. The van der Waals surface area contributed by atoms with Gasteiger partial charge in [-0.2, -0.15) is 4.98 Å². The molecule has 2 fully saturated rings. The normalized spacial score (nSPS) is 25.7. The van der Waals surface area contributed by atoms with Crippen LogP contribution < -0.4 is 0 Å². The van der Waals surface area contributed by atoms with Crippen LogP contribution in [-0.2, 0) is 17.8 Å². The predicted octanol–water partition coefficient (Wildman–Crippen LogP) is 2.24.